The first-order valence-corrected chi connectivity index (χ1v) is 8.36. The van der Waals surface area contributed by atoms with E-state index in [2.05, 4.69) is 15.4 Å². The van der Waals surface area contributed by atoms with E-state index >= 15 is 0 Å². The summed E-state index contributed by atoms with van der Waals surface area (Å²) < 4.78 is 14.8. The Morgan fingerprint density at radius 2 is 2.17 bits per heavy atom. The number of aromatic nitrogens is 3. The number of hydrogen-bond donors (Lipinski definition) is 1. The van der Waals surface area contributed by atoms with Gasteiger partial charge in [-0.3, -0.25) is 4.79 Å². The van der Waals surface area contributed by atoms with Crippen molar-refractivity contribution in [2.75, 3.05) is 6.54 Å². The van der Waals surface area contributed by atoms with Crippen LogP contribution in [0.15, 0.2) is 36.0 Å². The second kappa shape index (κ2) is 6.87. The zero-order valence-electron chi connectivity index (χ0n) is 12.7. The predicted molar refractivity (Wildman–Crippen MR) is 87.0 cm³/mol. The summed E-state index contributed by atoms with van der Waals surface area (Å²) in [6, 6.07) is 6.11. The van der Waals surface area contributed by atoms with Crippen LogP contribution in [0.5, 0.6) is 0 Å². The topological polar surface area (TPSA) is 59.3 Å². The molecule has 0 fully saturated rings. The van der Waals surface area contributed by atoms with Crippen LogP contribution < -0.4 is 5.32 Å². The van der Waals surface area contributed by atoms with Crippen LogP contribution in [-0.4, -0.2) is 27.0 Å². The van der Waals surface area contributed by atoms with Gasteiger partial charge in [-0.2, -0.15) is 5.10 Å². The first-order valence-electron chi connectivity index (χ1n) is 7.48. The van der Waals surface area contributed by atoms with Gasteiger partial charge in [0.15, 0.2) is 0 Å². The van der Waals surface area contributed by atoms with E-state index in [0.29, 0.717) is 19.4 Å². The average Bonchev–Trinajstić information content (AvgIpc) is 3.14. The van der Waals surface area contributed by atoms with Crippen molar-refractivity contribution in [3.8, 4) is 0 Å². The lowest BCUT2D eigenvalue weighted by atomic mass is 9.95. The molecule has 0 saturated heterocycles. The van der Waals surface area contributed by atoms with Gasteiger partial charge in [0.05, 0.1) is 11.6 Å². The fourth-order valence-corrected chi connectivity index (χ4v) is 3.38. The van der Waals surface area contributed by atoms with Crippen molar-refractivity contribution in [2.24, 2.45) is 0 Å². The third-order valence-electron chi connectivity index (χ3n) is 3.77. The molecule has 0 aliphatic carbocycles. The third-order valence-corrected chi connectivity index (χ3v) is 4.65. The number of benzene rings is 1. The zero-order valence-corrected chi connectivity index (χ0v) is 13.5. The molecule has 5 nitrogen and oxygen atoms in total. The molecule has 7 heteroatoms. The lowest BCUT2D eigenvalue weighted by Crippen LogP contribution is -2.31. The van der Waals surface area contributed by atoms with Gasteiger partial charge in [0.25, 0.3) is 0 Å². The van der Waals surface area contributed by atoms with Gasteiger partial charge in [-0.05, 0) is 24.1 Å². The molecule has 0 aliphatic rings. The minimum Gasteiger partial charge on any atom is -0.355 e. The van der Waals surface area contributed by atoms with E-state index < -0.39 is 0 Å². The number of carbonyl (C=O) groups excluding carboxylic acids is 1. The van der Waals surface area contributed by atoms with Gasteiger partial charge in [-0.1, -0.05) is 19.1 Å². The average molecular weight is 332 g/mol. The Morgan fingerprint density at radius 1 is 1.39 bits per heavy atom. The smallest absolute Gasteiger partial charge is 0.227 e. The quantitative estimate of drug-likeness (QED) is 0.755. The number of halogens is 1. The van der Waals surface area contributed by atoms with E-state index in [0.717, 1.165) is 16.2 Å². The van der Waals surface area contributed by atoms with Gasteiger partial charge in [0, 0.05) is 18.3 Å². The number of nitrogens with one attached hydrogen (secondary N) is 1. The van der Waals surface area contributed by atoms with Gasteiger partial charge in [0.1, 0.15) is 12.1 Å². The number of amides is 1. The Balaban J connectivity index is 1.59. The van der Waals surface area contributed by atoms with Crippen LogP contribution in [0.2, 0.25) is 0 Å². The van der Waals surface area contributed by atoms with Crippen molar-refractivity contribution in [3.63, 3.8) is 0 Å². The highest BCUT2D eigenvalue weighted by atomic mass is 32.1. The van der Waals surface area contributed by atoms with Crippen molar-refractivity contribution >= 4 is 22.2 Å². The Morgan fingerprint density at radius 3 is 2.91 bits per heavy atom. The second-order valence-corrected chi connectivity index (χ2v) is 6.07. The maximum atomic E-state index is 13.0. The molecule has 0 radical (unpaired) electrons. The van der Waals surface area contributed by atoms with E-state index in [4.69, 9.17) is 0 Å². The first-order chi connectivity index (χ1) is 11.2. The molecule has 0 spiro atoms. The van der Waals surface area contributed by atoms with Crippen molar-refractivity contribution < 1.29 is 9.18 Å². The molecule has 3 aromatic rings. The van der Waals surface area contributed by atoms with Crippen molar-refractivity contribution in [1.82, 2.24) is 19.9 Å². The fourth-order valence-electron chi connectivity index (χ4n) is 2.55. The monoisotopic (exact) mass is 332 g/mol. The molecule has 1 amide bonds. The van der Waals surface area contributed by atoms with Crippen molar-refractivity contribution in [1.29, 1.82) is 0 Å². The molecule has 2 aromatic heterocycles. The van der Waals surface area contributed by atoms with E-state index in [1.807, 2.05) is 12.3 Å². The Kier molecular flexibility index (Phi) is 4.66. The molecule has 2 heterocycles. The van der Waals surface area contributed by atoms with E-state index in [1.165, 1.54) is 29.8 Å². The zero-order chi connectivity index (χ0) is 16.2. The summed E-state index contributed by atoms with van der Waals surface area (Å²) in [5.41, 5.74) is 1.86. The third kappa shape index (κ3) is 3.39. The highest BCUT2D eigenvalue weighted by Gasteiger charge is 2.18. The number of hydrogen-bond acceptors (Lipinski definition) is 4. The molecule has 23 heavy (non-hydrogen) atoms. The minimum atomic E-state index is -0.293. The maximum Gasteiger partial charge on any atom is 0.227 e. The summed E-state index contributed by atoms with van der Waals surface area (Å²) in [6.07, 6.45) is 2.88. The Labute approximate surface area is 137 Å². The van der Waals surface area contributed by atoms with Gasteiger partial charge in [0.2, 0.25) is 10.9 Å². The first kappa shape index (κ1) is 15.6. The molecule has 1 atom stereocenters. The molecular formula is C16H17FN4OS. The van der Waals surface area contributed by atoms with E-state index in [9.17, 15) is 9.18 Å². The van der Waals surface area contributed by atoms with E-state index in [1.54, 1.807) is 16.6 Å². The van der Waals surface area contributed by atoms with Gasteiger partial charge < -0.3 is 5.32 Å². The number of nitrogens with zero attached hydrogens (tertiary/aromatic N) is 3. The van der Waals surface area contributed by atoms with Crippen LogP contribution in [0, 0.1) is 5.82 Å². The number of rotatable bonds is 6. The number of fused-ring (bicyclic) bond motifs is 1. The van der Waals surface area contributed by atoms with Crippen LogP contribution in [0.4, 0.5) is 4.39 Å². The molecule has 3 rings (SSSR count). The molecule has 0 saturated carbocycles. The summed E-state index contributed by atoms with van der Waals surface area (Å²) in [7, 11) is 0. The summed E-state index contributed by atoms with van der Waals surface area (Å²) >= 11 is 1.53. The van der Waals surface area contributed by atoms with Crippen LogP contribution in [0.3, 0.4) is 0 Å². The second-order valence-electron chi connectivity index (χ2n) is 5.23. The molecule has 0 aliphatic heterocycles. The SMILES string of the molecule is CCC(C(=O)NCCc1csc2ncnn12)c1ccc(F)cc1. The molecule has 0 bridgehead atoms. The van der Waals surface area contributed by atoms with Gasteiger partial charge in [-0.15, -0.1) is 11.3 Å². The van der Waals surface area contributed by atoms with Gasteiger partial charge in [-0.25, -0.2) is 13.9 Å². The minimum absolute atomic E-state index is 0.0378. The number of carbonyl (C=O) groups is 1. The summed E-state index contributed by atoms with van der Waals surface area (Å²) in [5.74, 6) is -0.591. The Bertz CT molecular complexity index is 796. The van der Waals surface area contributed by atoms with Crippen molar-refractivity contribution in [2.45, 2.75) is 25.7 Å². The summed E-state index contributed by atoms with van der Waals surface area (Å²) in [4.78, 5) is 17.3. The lowest BCUT2D eigenvalue weighted by molar-refractivity contribution is -0.122. The van der Waals surface area contributed by atoms with Crippen molar-refractivity contribution in [3.05, 3.63) is 53.0 Å². The molecular weight excluding hydrogens is 315 g/mol. The normalized spacial score (nSPS) is 12.4. The fraction of sp³-hybridized carbons (Fsp3) is 0.312. The Hall–Kier alpha value is -2.28. The largest absolute Gasteiger partial charge is 0.355 e. The summed E-state index contributed by atoms with van der Waals surface area (Å²) in [6.45, 7) is 2.48. The maximum absolute atomic E-state index is 13.0. The van der Waals surface area contributed by atoms with Crippen LogP contribution >= 0.6 is 11.3 Å². The standard InChI is InChI=1S/C16H17FN4OS/c1-2-14(11-3-5-12(17)6-4-11)15(22)18-8-7-13-9-23-16-19-10-20-21(13)16/h3-6,9-10,14H,2,7-8H2,1H3,(H,18,22). The van der Waals surface area contributed by atoms with Crippen LogP contribution in [0.25, 0.3) is 4.96 Å². The lowest BCUT2D eigenvalue weighted by Gasteiger charge is -2.15. The molecule has 1 unspecified atom stereocenters. The predicted octanol–water partition coefficient (Wildman–Crippen LogP) is 2.78. The highest BCUT2D eigenvalue weighted by Crippen LogP contribution is 2.20. The highest BCUT2D eigenvalue weighted by molar-refractivity contribution is 7.15. The molecule has 120 valence electrons. The number of thiazole rings is 1. The molecule has 1 N–H and O–H groups in total. The van der Waals surface area contributed by atoms with Crippen LogP contribution in [-0.2, 0) is 11.2 Å². The van der Waals surface area contributed by atoms with Gasteiger partial charge >= 0.3 is 0 Å². The molecule has 1 aromatic carbocycles. The van der Waals surface area contributed by atoms with E-state index in [-0.39, 0.29) is 17.6 Å². The van der Waals surface area contributed by atoms with Crippen LogP contribution in [0.1, 0.15) is 30.5 Å². The summed E-state index contributed by atoms with van der Waals surface area (Å²) in [5, 5.41) is 9.10.